The van der Waals surface area contributed by atoms with E-state index in [1.165, 1.54) is 42.4 Å². The van der Waals surface area contributed by atoms with E-state index in [1.54, 1.807) is 0 Å². The van der Waals surface area contributed by atoms with Crippen molar-refractivity contribution in [3.8, 4) is 0 Å². The third-order valence-electron chi connectivity index (χ3n) is 4.06. The lowest BCUT2D eigenvalue weighted by Gasteiger charge is -2.23. The molecule has 1 aromatic rings. The zero-order chi connectivity index (χ0) is 13.7. The number of hydrogen-bond acceptors (Lipinski definition) is 2. The van der Waals surface area contributed by atoms with E-state index < -0.39 is 0 Å². The van der Waals surface area contributed by atoms with Crippen LogP contribution in [0.2, 0.25) is 0 Å². The Balaban J connectivity index is 2.03. The SMILES string of the molecule is CCNC(COC1CCCC1)c1cc(C)ccc1C. The number of rotatable bonds is 6. The third-order valence-corrected chi connectivity index (χ3v) is 4.06. The van der Waals surface area contributed by atoms with Crippen LogP contribution in [0.4, 0.5) is 0 Å². The maximum atomic E-state index is 6.10. The standard InChI is InChI=1S/C17H27NO/c1-4-18-17(12-19-15-7-5-6-8-15)16-11-13(2)9-10-14(16)3/h9-11,15,17-18H,4-8,12H2,1-3H3. The molecule has 1 fully saturated rings. The maximum Gasteiger partial charge on any atom is 0.0665 e. The van der Waals surface area contributed by atoms with Crippen molar-refractivity contribution in [3.05, 3.63) is 34.9 Å². The van der Waals surface area contributed by atoms with Gasteiger partial charge in [-0.05, 0) is 44.4 Å². The van der Waals surface area contributed by atoms with Gasteiger partial charge in [0.05, 0.1) is 18.8 Å². The first-order valence-electron chi connectivity index (χ1n) is 7.63. The molecule has 0 saturated heterocycles. The van der Waals surface area contributed by atoms with Crippen LogP contribution in [0.5, 0.6) is 0 Å². The van der Waals surface area contributed by atoms with E-state index >= 15 is 0 Å². The Morgan fingerprint density at radius 2 is 2.00 bits per heavy atom. The molecule has 0 radical (unpaired) electrons. The van der Waals surface area contributed by atoms with Crippen molar-refractivity contribution < 1.29 is 4.74 Å². The molecule has 0 bridgehead atoms. The van der Waals surface area contributed by atoms with E-state index in [1.807, 2.05) is 0 Å². The number of likely N-dealkylation sites (N-methyl/N-ethyl adjacent to an activating group) is 1. The molecule has 0 spiro atoms. The predicted molar refractivity (Wildman–Crippen MR) is 80.5 cm³/mol. The zero-order valence-corrected chi connectivity index (χ0v) is 12.5. The summed E-state index contributed by atoms with van der Waals surface area (Å²) < 4.78 is 6.10. The minimum Gasteiger partial charge on any atom is -0.376 e. The Morgan fingerprint density at radius 3 is 2.68 bits per heavy atom. The van der Waals surface area contributed by atoms with E-state index in [0.29, 0.717) is 12.1 Å². The second-order valence-electron chi connectivity index (χ2n) is 5.71. The second-order valence-corrected chi connectivity index (χ2v) is 5.71. The summed E-state index contributed by atoms with van der Waals surface area (Å²) in [6, 6.07) is 7.01. The lowest BCUT2D eigenvalue weighted by molar-refractivity contribution is 0.0427. The van der Waals surface area contributed by atoms with Gasteiger partial charge in [-0.2, -0.15) is 0 Å². The summed E-state index contributed by atoms with van der Waals surface area (Å²) >= 11 is 0. The van der Waals surface area contributed by atoms with Crippen molar-refractivity contribution in [3.63, 3.8) is 0 Å². The number of nitrogens with one attached hydrogen (secondary N) is 1. The number of ether oxygens (including phenoxy) is 1. The van der Waals surface area contributed by atoms with Crippen LogP contribution in [0, 0.1) is 13.8 Å². The predicted octanol–water partition coefficient (Wildman–Crippen LogP) is 3.91. The molecule has 2 rings (SSSR count). The van der Waals surface area contributed by atoms with Crippen molar-refractivity contribution in [1.29, 1.82) is 0 Å². The van der Waals surface area contributed by atoms with Crippen molar-refractivity contribution in [2.45, 2.75) is 58.6 Å². The highest BCUT2D eigenvalue weighted by Gasteiger charge is 2.19. The average molecular weight is 261 g/mol. The van der Waals surface area contributed by atoms with Gasteiger partial charge in [-0.3, -0.25) is 0 Å². The molecule has 0 amide bonds. The van der Waals surface area contributed by atoms with Gasteiger partial charge in [0.2, 0.25) is 0 Å². The molecule has 1 aliphatic rings. The van der Waals surface area contributed by atoms with Crippen LogP contribution in [0.15, 0.2) is 18.2 Å². The first-order chi connectivity index (χ1) is 9.20. The van der Waals surface area contributed by atoms with Gasteiger partial charge in [-0.1, -0.05) is 43.5 Å². The Kier molecular flexibility index (Phi) is 5.41. The molecule has 0 aliphatic heterocycles. The Hall–Kier alpha value is -0.860. The Bertz CT molecular complexity index is 396. The monoisotopic (exact) mass is 261 g/mol. The van der Waals surface area contributed by atoms with Gasteiger partial charge < -0.3 is 10.1 Å². The smallest absolute Gasteiger partial charge is 0.0665 e. The number of aryl methyl sites for hydroxylation is 2. The largest absolute Gasteiger partial charge is 0.376 e. The van der Waals surface area contributed by atoms with E-state index in [2.05, 4.69) is 44.3 Å². The van der Waals surface area contributed by atoms with Gasteiger partial charge >= 0.3 is 0 Å². The fraction of sp³-hybridized carbons (Fsp3) is 0.647. The summed E-state index contributed by atoms with van der Waals surface area (Å²) in [6.07, 6.45) is 5.64. The highest BCUT2D eigenvalue weighted by molar-refractivity contribution is 5.33. The van der Waals surface area contributed by atoms with Crippen LogP contribution < -0.4 is 5.32 Å². The first kappa shape index (κ1) is 14.5. The number of hydrogen-bond donors (Lipinski definition) is 1. The fourth-order valence-corrected chi connectivity index (χ4v) is 2.93. The minimum atomic E-state index is 0.325. The lowest BCUT2D eigenvalue weighted by Crippen LogP contribution is -2.28. The van der Waals surface area contributed by atoms with Crippen LogP contribution in [-0.2, 0) is 4.74 Å². The van der Waals surface area contributed by atoms with E-state index in [9.17, 15) is 0 Å². The van der Waals surface area contributed by atoms with Crippen molar-refractivity contribution >= 4 is 0 Å². The first-order valence-corrected chi connectivity index (χ1v) is 7.63. The van der Waals surface area contributed by atoms with Gasteiger partial charge in [-0.15, -0.1) is 0 Å². The normalized spacial score (nSPS) is 17.8. The maximum absolute atomic E-state index is 6.10. The Morgan fingerprint density at radius 1 is 1.26 bits per heavy atom. The molecular weight excluding hydrogens is 234 g/mol. The van der Waals surface area contributed by atoms with E-state index in [-0.39, 0.29) is 0 Å². The molecule has 0 heterocycles. The van der Waals surface area contributed by atoms with E-state index in [0.717, 1.165) is 13.2 Å². The molecule has 1 unspecified atom stereocenters. The molecule has 106 valence electrons. The van der Waals surface area contributed by atoms with Crippen LogP contribution in [-0.4, -0.2) is 19.3 Å². The molecule has 19 heavy (non-hydrogen) atoms. The van der Waals surface area contributed by atoms with Crippen LogP contribution in [0.1, 0.15) is 55.3 Å². The summed E-state index contributed by atoms with van der Waals surface area (Å²) in [5.41, 5.74) is 4.07. The van der Waals surface area contributed by atoms with Gasteiger partial charge in [-0.25, -0.2) is 0 Å². The second kappa shape index (κ2) is 7.06. The summed E-state index contributed by atoms with van der Waals surface area (Å²) in [7, 11) is 0. The number of benzene rings is 1. The van der Waals surface area contributed by atoms with Gasteiger partial charge in [0.15, 0.2) is 0 Å². The highest BCUT2D eigenvalue weighted by Crippen LogP contribution is 2.24. The molecule has 2 heteroatoms. The quantitative estimate of drug-likeness (QED) is 0.838. The molecule has 1 atom stereocenters. The van der Waals surface area contributed by atoms with Gasteiger partial charge in [0.1, 0.15) is 0 Å². The molecule has 1 aromatic carbocycles. The van der Waals surface area contributed by atoms with Gasteiger partial charge in [0, 0.05) is 0 Å². The van der Waals surface area contributed by atoms with E-state index in [4.69, 9.17) is 4.74 Å². The highest BCUT2D eigenvalue weighted by atomic mass is 16.5. The minimum absolute atomic E-state index is 0.325. The Labute approximate surface area is 117 Å². The molecular formula is C17H27NO. The summed E-state index contributed by atoms with van der Waals surface area (Å²) in [5.74, 6) is 0. The molecule has 1 aliphatic carbocycles. The third kappa shape index (κ3) is 4.05. The topological polar surface area (TPSA) is 21.3 Å². The summed E-state index contributed by atoms with van der Waals surface area (Å²) in [6.45, 7) is 8.28. The molecule has 1 saturated carbocycles. The van der Waals surface area contributed by atoms with Crippen molar-refractivity contribution in [1.82, 2.24) is 5.32 Å². The molecule has 2 nitrogen and oxygen atoms in total. The van der Waals surface area contributed by atoms with Crippen LogP contribution in [0.25, 0.3) is 0 Å². The molecule has 1 N–H and O–H groups in total. The average Bonchev–Trinajstić information content (AvgIpc) is 2.91. The van der Waals surface area contributed by atoms with Gasteiger partial charge in [0.25, 0.3) is 0 Å². The van der Waals surface area contributed by atoms with Crippen molar-refractivity contribution in [2.75, 3.05) is 13.2 Å². The van der Waals surface area contributed by atoms with Crippen molar-refractivity contribution in [2.24, 2.45) is 0 Å². The zero-order valence-electron chi connectivity index (χ0n) is 12.5. The van der Waals surface area contributed by atoms with Crippen LogP contribution >= 0.6 is 0 Å². The lowest BCUT2D eigenvalue weighted by atomic mass is 9.99. The summed E-state index contributed by atoms with van der Waals surface area (Å²) in [4.78, 5) is 0. The fourth-order valence-electron chi connectivity index (χ4n) is 2.93. The summed E-state index contributed by atoms with van der Waals surface area (Å²) in [5, 5.41) is 3.57. The van der Waals surface area contributed by atoms with Crippen LogP contribution in [0.3, 0.4) is 0 Å². The molecule has 0 aromatic heterocycles.